The van der Waals surface area contributed by atoms with E-state index in [2.05, 4.69) is 26.9 Å². The van der Waals surface area contributed by atoms with Gasteiger partial charge in [0, 0.05) is 35.9 Å². The molecule has 0 amide bonds. The number of hydrogen-bond donors (Lipinski definition) is 1. The number of H-pyrrole nitrogens is 1. The molecule has 0 bridgehead atoms. The first-order chi connectivity index (χ1) is 13.9. The molecule has 1 atom stereocenters. The second-order valence-corrected chi connectivity index (χ2v) is 9.04. The molecule has 4 aromatic rings. The lowest BCUT2D eigenvalue weighted by molar-refractivity contribution is 0.0991. The normalized spacial score (nSPS) is 18.0. The van der Waals surface area contributed by atoms with Crippen molar-refractivity contribution in [2.75, 3.05) is 30.9 Å². The van der Waals surface area contributed by atoms with E-state index in [-0.39, 0.29) is 6.04 Å². The Balaban J connectivity index is 1.82. The van der Waals surface area contributed by atoms with Gasteiger partial charge in [-0.2, -0.15) is 5.10 Å². The Bertz CT molecular complexity index is 1330. The number of anilines is 1. The van der Waals surface area contributed by atoms with Crippen LogP contribution in [-0.2, 0) is 14.8 Å². The summed E-state index contributed by atoms with van der Waals surface area (Å²) < 4.78 is 31.2. The van der Waals surface area contributed by atoms with Crippen LogP contribution in [0.1, 0.15) is 6.92 Å². The van der Waals surface area contributed by atoms with Crippen molar-refractivity contribution in [3.63, 3.8) is 0 Å². The van der Waals surface area contributed by atoms with Gasteiger partial charge in [0.15, 0.2) is 5.65 Å². The van der Waals surface area contributed by atoms with Gasteiger partial charge in [0.1, 0.15) is 5.65 Å². The maximum Gasteiger partial charge on any atom is 0.252 e. The van der Waals surface area contributed by atoms with Crippen molar-refractivity contribution in [1.82, 2.24) is 24.1 Å². The average Bonchev–Trinajstić information content (AvgIpc) is 3.34. The first-order valence-corrected chi connectivity index (χ1v) is 11.1. The van der Waals surface area contributed by atoms with Crippen molar-refractivity contribution < 1.29 is 13.2 Å². The van der Waals surface area contributed by atoms with Crippen LogP contribution in [0.25, 0.3) is 33.3 Å². The van der Waals surface area contributed by atoms with Crippen molar-refractivity contribution >= 4 is 37.8 Å². The van der Waals surface area contributed by atoms with Crippen molar-refractivity contribution in [2.45, 2.75) is 13.0 Å². The molecule has 1 aliphatic heterocycles. The summed E-state index contributed by atoms with van der Waals surface area (Å²) in [5, 5.41) is 5.75. The van der Waals surface area contributed by atoms with E-state index in [0.717, 1.165) is 32.6 Å². The molecule has 0 unspecified atom stereocenters. The van der Waals surface area contributed by atoms with Crippen LogP contribution < -0.4 is 4.90 Å². The van der Waals surface area contributed by atoms with Gasteiger partial charge in [-0.3, -0.25) is 0 Å². The Morgan fingerprint density at radius 1 is 1.28 bits per heavy atom. The van der Waals surface area contributed by atoms with Crippen LogP contribution in [-0.4, -0.2) is 64.6 Å². The van der Waals surface area contributed by atoms with Gasteiger partial charge in [0.25, 0.3) is 10.0 Å². The topological polar surface area (TPSA) is 106 Å². The number of hydrogen-bond acceptors (Lipinski definition) is 7. The van der Waals surface area contributed by atoms with Gasteiger partial charge in [-0.25, -0.2) is 18.4 Å². The highest BCUT2D eigenvalue weighted by Crippen LogP contribution is 2.35. The SMILES string of the molecule is C[C@@H]1COCCN1c1cc(-c2ccnc3[nH]ccc23)nc2c1cnn2S(C)(=O)=O. The van der Waals surface area contributed by atoms with E-state index >= 15 is 0 Å². The molecule has 10 heteroatoms. The summed E-state index contributed by atoms with van der Waals surface area (Å²) in [6.07, 6.45) is 6.24. The molecule has 0 aromatic carbocycles. The molecule has 1 aliphatic rings. The maximum absolute atomic E-state index is 12.3. The highest BCUT2D eigenvalue weighted by atomic mass is 32.2. The fourth-order valence-electron chi connectivity index (χ4n) is 3.85. The number of rotatable bonds is 3. The van der Waals surface area contributed by atoms with Crippen LogP contribution in [0.3, 0.4) is 0 Å². The van der Waals surface area contributed by atoms with E-state index in [1.165, 1.54) is 0 Å². The van der Waals surface area contributed by atoms with Crippen molar-refractivity contribution in [1.29, 1.82) is 0 Å². The molecule has 1 N–H and O–H groups in total. The molecule has 0 spiro atoms. The number of aromatic amines is 1. The number of morpholine rings is 1. The van der Waals surface area contributed by atoms with Gasteiger partial charge in [-0.05, 0) is 25.1 Å². The lowest BCUT2D eigenvalue weighted by Crippen LogP contribution is -2.43. The van der Waals surface area contributed by atoms with Crippen LogP contribution in [0, 0.1) is 0 Å². The minimum Gasteiger partial charge on any atom is -0.377 e. The van der Waals surface area contributed by atoms with E-state index in [1.54, 1.807) is 12.4 Å². The first kappa shape index (κ1) is 18.1. The van der Waals surface area contributed by atoms with E-state index in [0.29, 0.717) is 36.5 Å². The molecular weight excluding hydrogens is 392 g/mol. The zero-order valence-corrected chi connectivity index (χ0v) is 16.8. The third-order valence-corrected chi connectivity index (χ3v) is 6.11. The van der Waals surface area contributed by atoms with E-state index < -0.39 is 10.0 Å². The van der Waals surface area contributed by atoms with Gasteiger partial charge in [0.2, 0.25) is 0 Å². The molecule has 150 valence electrons. The lowest BCUT2D eigenvalue weighted by Gasteiger charge is -2.35. The van der Waals surface area contributed by atoms with Crippen LogP contribution in [0.5, 0.6) is 0 Å². The van der Waals surface area contributed by atoms with Gasteiger partial charge in [-0.1, -0.05) is 0 Å². The minimum atomic E-state index is -3.60. The van der Waals surface area contributed by atoms with Crippen LogP contribution in [0.2, 0.25) is 0 Å². The molecule has 0 saturated carbocycles. The maximum atomic E-state index is 12.3. The second-order valence-electron chi connectivity index (χ2n) is 7.23. The lowest BCUT2D eigenvalue weighted by atomic mass is 10.1. The predicted molar refractivity (Wildman–Crippen MR) is 110 cm³/mol. The number of nitrogens with one attached hydrogen (secondary N) is 1. The highest BCUT2D eigenvalue weighted by molar-refractivity contribution is 7.89. The largest absolute Gasteiger partial charge is 0.377 e. The fourth-order valence-corrected chi connectivity index (χ4v) is 4.52. The number of ether oxygens (including phenoxy) is 1. The Morgan fingerprint density at radius 3 is 2.93 bits per heavy atom. The second kappa shape index (κ2) is 6.53. The summed E-state index contributed by atoms with van der Waals surface area (Å²) in [6, 6.07) is 5.97. The summed E-state index contributed by atoms with van der Waals surface area (Å²) in [5.74, 6) is 0. The molecule has 4 aromatic heterocycles. The molecule has 29 heavy (non-hydrogen) atoms. The Labute approximate surface area is 167 Å². The van der Waals surface area contributed by atoms with Crippen LogP contribution in [0.4, 0.5) is 5.69 Å². The molecule has 1 saturated heterocycles. The summed E-state index contributed by atoms with van der Waals surface area (Å²) in [7, 11) is -3.60. The standard InChI is InChI=1S/C19H20N6O3S/c1-12-11-28-8-7-24(12)17-9-16(13-3-5-20-18-14(13)4-6-21-18)23-19-15(17)10-22-25(19)29(2,26)27/h3-6,9-10,12H,7-8,11H2,1-2H3,(H,20,21)/t12-/m1/s1. The molecule has 0 aliphatic carbocycles. The third-order valence-electron chi connectivity index (χ3n) is 5.22. The Hall–Kier alpha value is -2.98. The smallest absolute Gasteiger partial charge is 0.252 e. The average molecular weight is 412 g/mol. The molecule has 5 rings (SSSR count). The molecule has 5 heterocycles. The molecule has 0 radical (unpaired) electrons. The molecular formula is C19H20N6O3S. The number of fused-ring (bicyclic) bond motifs is 2. The third kappa shape index (κ3) is 2.95. The summed E-state index contributed by atoms with van der Waals surface area (Å²) in [4.78, 5) is 14.4. The van der Waals surface area contributed by atoms with Gasteiger partial charge in [0.05, 0.1) is 42.4 Å². The number of pyridine rings is 2. The quantitative estimate of drug-likeness (QED) is 0.549. The van der Waals surface area contributed by atoms with E-state index in [9.17, 15) is 8.42 Å². The van der Waals surface area contributed by atoms with E-state index in [1.807, 2.05) is 24.4 Å². The summed E-state index contributed by atoms with van der Waals surface area (Å²) >= 11 is 0. The summed E-state index contributed by atoms with van der Waals surface area (Å²) in [5.41, 5.74) is 3.52. The highest BCUT2D eigenvalue weighted by Gasteiger charge is 2.25. The number of nitrogens with zero attached hydrogens (tertiary/aromatic N) is 5. The van der Waals surface area contributed by atoms with Crippen molar-refractivity contribution in [2.24, 2.45) is 0 Å². The molecule has 9 nitrogen and oxygen atoms in total. The monoisotopic (exact) mass is 412 g/mol. The van der Waals surface area contributed by atoms with Crippen molar-refractivity contribution in [3.8, 4) is 11.3 Å². The number of aromatic nitrogens is 5. The van der Waals surface area contributed by atoms with Crippen molar-refractivity contribution in [3.05, 3.63) is 36.8 Å². The van der Waals surface area contributed by atoms with Crippen LogP contribution >= 0.6 is 0 Å². The van der Waals surface area contributed by atoms with E-state index in [4.69, 9.17) is 9.72 Å². The zero-order valence-electron chi connectivity index (χ0n) is 16.0. The predicted octanol–water partition coefficient (Wildman–Crippen LogP) is 2.01. The van der Waals surface area contributed by atoms with Gasteiger partial charge >= 0.3 is 0 Å². The Kier molecular flexibility index (Phi) is 4.07. The minimum absolute atomic E-state index is 0.147. The Morgan fingerprint density at radius 2 is 2.14 bits per heavy atom. The first-order valence-electron chi connectivity index (χ1n) is 9.29. The van der Waals surface area contributed by atoms with Gasteiger partial charge in [-0.15, -0.1) is 4.09 Å². The fraction of sp³-hybridized carbons (Fsp3) is 0.316. The zero-order chi connectivity index (χ0) is 20.2. The van der Waals surface area contributed by atoms with Crippen LogP contribution in [0.15, 0.2) is 36.8 Å². The van der Waals surface area contributed by atoms with Gasteiger partial charge < -0.3 is 14.6 Å². The molecule has 1 fully saturated rings. The summed E-state index contributed by atoms with van der Waals surface area (Å²) in [6.45, 7) is 4.01.